The van der Waals surface area contributed by atoms with Gasteiger partial charge in [-0.1, -0.05) is 76.6 Å². The summed E-state index contributed by atoms with van der Waals surface area (Å²) in [4.78, 5) is 0. The molecule has 0 fully saturated rings. The summed E-state index contributed by atoms with van der Waals surface area (Å²) >= 11 is 7.87. The van der Waals surface area contributed by atoms with Gasteiger partial charge in [-0.3, -0.25) is 0 Å². The summed E-state index contributed by atoms with van der Waals surface area (Å²) < 4.78 is 4.67. The predicted molar refractivity (Wildman–Crippen MR) is 152 cm³/mol. The van der Waals surface area contributed by atoms with Crippen molar-refractivity contribution in [2.75, 3.05) is 0 Å². The van der Waals surface area contributed by atoms with Crippen molar-refractivity contribution < 1.29 is 0 Å². The molecule has 5 aromatic rings. The number of benzene rings is 4. The fourth-order valence-corrected chi connectivity index (χ4v) is 8.24. The van der Waals surface area contributed by atoms with Crippen LogP contribution < -0.4 is 0 Å². The number of rotatable bonds is 0. The number of hydrogen-bond acceptors (Lipinski definition) is 0. The van der Waals surface area contributed by atoms with Gasteiger partial charge >= 0.3 is 0 Å². The van der Waals surface area contributed by atoms with Gasteiger partial charge in [0.2, 0.25) is 0 Å². The number of fused-ring (bicyclic) bond motifs is 14. The Morgan fingerprint density at radius 2 is 1.49 bits per heavy atom. The molecule has 0 aliphatic heterocycles. The molecule has 4 aromatic carbocycles. The van der Waals surface area contributed by atoms with Crippen LogP contribution >= 0.6 is 31.9 Å². The van der Waals surface area contributed by atoms with Crippen molar-refractivity contribution in [3.63, 3.8) is 0 Å². The molecule has 3 heteroatoms. The van der Waals surface area contributed by atoms with Crippen molar-refractivity contribution in [1.29, 1.82) is 0 Å². The zero-order valence-electron chi connectivity index (χ0n) is 19.2. The first kappa shape index (κ1) is 20.3. The van der Waals surface area contributed by atoms with Crippen molar-refractivity contribution in [1.82, 2.24) is 4.57 Å². The molecule has 168 valence electrons. The van der Waals surface area contributed by atoms with Crippen molar-refractivity contribution in [2.45, 2.75) is 18.3 Å². The molecule has 0 saturated heterocycles. The summed E-state index contributed by atoms with van der Waals surface area (Å²) in [6, 6.07) is 27.3. The van der Waals surface area contributed by atoms with Gasteiger partial charge in [-0.15, -0.1) is 0 Å². The average Bonchev–Trinajstić information content (AvgIpc) is 3.46. The second-order valence-corrected chi connectivity index (χ2v) is 11.7. The predicted octanol–water partition coefficient (Wildman–Crippen LogP) is 9.01. The molecule has 35 heavy (non-hydrogen) atoms. The van der Waals surface area contributed by atoms with Gasteiger partial charge in [-0.05, 0) is 103 Å². The van der Waals surface area contributed by atoms with E-state index in [1.54, 1.807) is 0 Å². The molecule has 0 unspecified atom stereocenters. The van der Waals surface area contributed by atoms with Crippen LogP contribution in [-0.2, 0) is 18.9 Å². The smallest absolute Gasteiger partial charge is 0.0726 e. The minimum Gasteiger partial charge on any atom is -0.343 e. The van der Waals surface area contributed by atoms with Gasteiger partial charge in [0.15, 0.2) is 0 Å². The van der Waals surface area contributed by atoms with Crippen LogP contribution in [0.5, 0.6) is 0 Å². The molecule has 0 radical (unpaired) electrons. The van der Waals surface area contributed by atoms with Crippen LogP contribution in [0, 0.1) is 0 Å². The number of halogens is 2. The third-order valence-corrected chi connectivity index (χ3v) is 9.51. The molecule has 3 aliphatic carbocycles. The van der Waals surface area contributed by atoms with Gasteiger partial charge in [-0.2, -0.15) is 0 Å². The molecule has 1 aromatic heterocycles. The Morgan fingerprint density at radius 3 is 2.23 bits per heavy atom. The fraction of sp³-hybridized carbons (Fsp3) is 0.125. The Balaban J connectivity index is 1.65. The lowest BCUT2D eigenvalue weighted by atomic mass is 9.70. The maximum absolute atomic E-state index is 4.04. The van der Waals surface area contributed by atoms with Crippen LogP contribution in [-0.4, -0.2) is 4.57 Å². The Hall–Kier alpha value is -2.88. The Morgan fingerprint density at radius 1 is 0.771 bits per heavy atom. The molecule has 0 saturated carbocycles. The van der Waals surface area contributed by atoms with E-state index in [1.807, 2.05) is 0 Å². The molecule has 1 spiro atoms. The van der Waals surface area contributed by atoms with Gasteiger partial charge in [0.1, 0.15) is 0 Å². The monoisotopic (exact) mass is 577 g/mol. The highest BCUT2D eigenvalue weighted by atomic mass is 79.9. The van der Waals surface area contributed by atoms with Crippen LogP contribution in [0.15, 0.2) is 87.8 Å². The van der Waals surface area contributed by atoms with Gasteiger partial charge in [0.25, 0.3) is 0 Å². The lowest BCUT2D eigenvalue weighted by molar-refractivity contribution is 0.793. The number of nitrogens with zero attached hydrogens (tertiary/aromatic N) is 1. The van der Waals surface area contributed by atoms with E-state index in [4.69, 9.17) is 0 Å². The van der Waals surface area contributed by atoms with Crippen LogP contribution in [0.1, 0.15) is 39.9 Å². The lowest BCUT2D eigenvalue weighted by Crippen LogP contribution is -2.26. The summed E-state index contributed by atoms with van der Waals surface area (Å²) in [5.41, 5.74) is 14.8. The lowest BCUT2D eigenvalue weighted by Gasteiger charge is -2.30. The number of aryl methyl sites for hydroxylation is 2. The molecule has 0 atom stereocenters. The second-order valence-electron chi connectivity index (χ2n) is 9.90. The molecule has 3 aliphatic rings. The van der Waals surface area contributed by atoms with E-state index >= 15 is 0 Å². The van der Waals surface area contributed by atoms with Gasteiger partial charge in [0, 0.05) is 27.1 Å². The van der Waals surface area contributed by atoms with E-state index < -0.39 is 0 Å². The normalized spacial score (nSPS) is 15.7. The van der Waals surface area contributed by atoms with Gasteiger partial charge in [0.05, 0.1) is 10.9 Å². The van der Waals surface area contributed by atoms with Crippen molar-refractivity contribution in [3.8, 4) is 22.3 Å². The molecule has 0 amide bonds. The fourth-order valence-electron chi connectivity index (χ4n) is 7.18. The Labute approximate surface area is 221 Å². The summed E-state index contributed by atoms with van der Waals surface area (Å²) in [6.45, 7) is 0. The SMILES string of the molecule is Cn1c2c(c3c4c(cc(Br)c31)C1(c3ccccc3-c3ccccc31)c1cc(Br)ccc1-4)CCC=C2. The first-order valence-electron chi connectivity index (χ1n) is 12.1. The van der Waals surface area contributed by atoms with E-state index in [1.165, 1.54) is 71.1 Å². The zero-order chi connectivity index (χ0) is 23.5. The third kappa shape index (κ3) is 2.30. The molecular weight excluding hydrogens is 558 g/mol. The van der Waals surface area contributed by atoms with Crippen LogP contribution in [0.4, 0.5) is 0 Å². The topological polar surface area (TPSA) is 4.93 Å². The number of aromatic nitrogens is 1. The molecule has 1 heterocycles. The summed E-state index contributed by atoms with van der Waals surface area (Å²) in [7, 11) is 2.21. The summed E-state index contributed by atoms with van der Waals surface area (Å²) in [5.74, 6) is 0. The highest BCUT2D eigenvalue weighted by Gasteiger charge is 2.52. The van der Waals surface area contributed by atoms with E-state index in [0.29, 0.717) is 0 Å². The number of hydrogen-bond donors (Lipinski definition) is 0. The van der Waals surface area contributed by atoms with E-state index in [0.717, 1.165) is 17.3 Å². The number of allylic oxidation sites excluding steroid dienone is 1. The second kappa shape index (κ2) is 6.87. The van der Waals surface area contributed by atoms with Crippen LogP contribution in [0.2, 0.25) is 0 Å². The molecule has 0 bridgehead atoms. The standard InChI is InChI=1S/C32H21Br2N/c1-35-28-13-7-4-10-22(28)30-29-21-15-14-18(33)16-25(21)32(26(29)17-27(34)31(30)35)23-11-5-2-8-19(23)20-9-3-6-12-24(20)32/h2-3,5-9,11-17H,4,10H2,1H3. The molecule has 0 N–H and O–H groups in total. The molecular formula is C32H21Br2N. The first-order valence-corrected chi connectivity index (χ1v) is 13.7. The van der Waals surface area contributed by atoms with E-state index in [9.17, 15) is 0 Å². The van der Waals surface area contributed by atoms with Gasteiger partial charge in [-0.25, -0.2) is 0 Å². The first-order chi connectivity index (χ1) is 17.1. The van der Waals surface area contributed by atoms with Crippen LogP contribution in [0.3, 0.4) is 0 Å². The minimum absolute atomic E-state index is 0.328. The minimum atomic E-state index is -0.328. The maximum atomic E-state index is 4.04. The summed E-state index contributed by atoms with van der Waals surface area (Å²) in [6.07, 6.45) is 6.80. The Kier molecular flexibility index (Phi) is 3.99. The largest absolute Gasteiger partial charge is 0.343 e. The summed E-state index contributed by atoms with van der Waals surface area (Å²) in [5, 5.41) is 1.42. The average molecular weight is 579 g/mol. The third-order valence-electron chi connectivity index (χ3n) is 8.41. The van der Waals surface area contributed by atoms with Crippen molar-refractivity contribution >= 4 is 48.8 Å². The highest BCUT2D eigenvalue weighted by Crippen LogP contribution is 2.65. The maximum Gasteiger partial charge on any atom is 0.0726 e. The Bertz CT molecular complexity index is 1740. The van der Waals surface area contributed by atoms with Crippen molar-refractivity contribution in [3.05, 3.63) is 121 Å². The van der Waals surface area contributed by atoms with Crippen LogP contribution in [0.25, 0.3) is 39.2 Å². The van der Waals surface area contributed by atoms with E-state index in [-0.39, 0.29) is 5.41 Å². The molecule has 8 rings (SSSR count). The van der Waals surface area contributed by atoms with Crippen molar-refractivity contribution in [2.24, 2.45) is 7.05 Å². The highest BCUT2D eigenvalue weighted by molar-refractivity contribution is 9.11. The van der Waals surface area contributed by atoms with E-state index in [2.05, 4.69) is 128 Å². The zero-order valence-corrected chi connectivity index (χ0v) is 22.4. The quantitative estimate of drug-likeness (QED) is 0.169. The van der Waals surface area contributed by atoms with Gasteiger partial charge < -0.3 is 4.57 Å². The molecule has 1 nitrogen and oxygen atoms in total.